The van der Waals surface area contributed by atoms with Gasteiger partial charge in [0.15, 0.2) is 5.11 Å². The van der Waals surface area contributed by atoms with Crippen LogP contribution in [0.4, 0.5) is 4.79 Å². The Balaban J connectivity index is 2.32. The Labute approximate surface area is 128 Å². The molecule has 114 valence electrons. The van der Waals surface area contributed by atoms with Crippen molar-refractivity contribution in [1.29, 1.82) is 0 Å². The Morgan fingerprint density at radius 1 is 1.24 bits per heavy atom. The summed E-state index contributed by atoms with van der Waals surface area (Å²) in [6.45, 7) is -0.0689. The fourth-order valence-electron chi connectivity index (χ4n) is 1.35. The zero-order valence-corrected chi connectivity index (χ0v) is 12.7. The number of nitrogens with zero attached hydrogens (tertiary/aromatic N) is 2. The third kappa shape index (κ3) is 5.65. The van der Waals surface area contributed by atoms with Gasteiger partial charge in [-0.15, -0.1) is 0 Å². The summed E-state index contributed by atoms with van der Waals surface area (Å²) >= 11 is 4.74. The summed E-state index contributed by atoms with van der Waals surface area (Å²) in [7, 11) is 3.05. The summed E-state index contributed by atoms with van der Waals surface area (Å²) in [4.78, 5) is 23.2. The maximum atomic E-state index is 11.8. The molecule has 0 atom stereocenters. The number of thiocarbonyl (C=S) groups is 1. The molecule has 0 aliphatic rings. The number of alkyl carbamates (subject to hydrolysis) is 1. The lowest BCUT2D eigenvalue weighted by Gasteiger charge is -2.28. The van der Waals surface area contributed by atoms with Crippen molar-refractivity contribution in [2.24, 2.45) is 5.73 Å². The van der Waals surface area contributed by atoms with Gasteiger partial charge in [0.1, 0.15) is 13.2 Å². The minimum atomic E-state index is -0.668. The largest absolute Gasteiger partial charge is 0.445 e. The number of hydrogen-bond acceptors (Lipinski definition) is 4. The number of likely N-dealkylation sites (N-methyl/N-ethyl adjacent to an activating group) is 1. The minimum Gasteiger partial charge on any atom is -0.445 e. The maximum Gasteiger partial charge on any atom is 0.407 e. The van der Waals surface area contributed by atoms with Crippen LogP contribution in [0.5, 0.6) is 0 Å². The maximum absolute atomic E-state index is 11.8. The van der Waals surface area contributed by atoms with Crippen LogP contribution < -0.4 is 11.1 Å². The predicted octanol–water partition coefficient (Wildman–Crippen LogP) is 0.462. The van der Waals surface area contributed by atoms with Crippen LogP contribution in [0.15, 0.2) is 30.3 Å². The van der Waals surface area contributed by atoms with Gasteiger partial charge < -0.3 is 15.8 Å². The molecule has 0 aliphatic carbocycles. The number of hydrogen-bond donors (Lipinski definition) is 2. The second-order valence-electron chi connectivity index (χ2n) is 4.19. The molecule has 0 aromatic heterocycles. The van der Waals surface area contributed by atoms with Crippen LogP contribution in [0.3, 0.4) is 0 Å². The van der Waals surface area contributed by atoms with Gasteiger partial charge in [-0.2, -0.15) is 0 Å². The molecule has 1 aromatic carbocycles. The predicted molar refractivity (Wildman–Crippen MR) is 81.9 cm³/mol. The van der Waals surface area contributed by atoms with E-state index in [0.717, 1.165) is 5.56 Å². The van der Waals surface area contributed by atoms with Gasteiger partial charge in [-0.25, -0.2) is 4.79 Å². The zero-order valence-electron chi connectivity index (χ0n) is 11.9. The molecule has 0 bridgehead atoms. The zero-order chi connectivity index (χ0) is 15.8. The lowest BCUT2D eigenvalue weighted by Crippen LogP contribution is -2.50. The summed E-state index contributed by atoms with van der Waals surface area (Å²) in [5.41, 5.74) is 6.26. The highest BCUT2D eigenvalue weighted by Gasteiger charge is 2.15. The summed E-state index contributed by atoms with van der Waals surface area (Å²) in [6.07, 6.45) is -0.668. The number of benzene rings is 1. The first-order chi connectivity index (χ1) is 9.91. The van der Waals surface area contributed by atoms with Crippen molar-refractivity contribution < 1.29 is 14.3 Å². The van der Waals surface area contributed by atoms with Crippen LogP contribution in [0.25, 0.3) is 0 Å². The summed E-state index contributed by atoms with van der Waals surface area (Å²) < 4.78 is 4.98. The van der Waals surface area contributed by atoms with Crippen molar-refractivity contribution in [1.82, 2.24) is 15.3 Å². The number of hydrazine groups is 1. The number of nitrogens with two attached hydrogens (primary N) is 1. The first-order valence-electron chi connectivity index (χ1n) is 6.16. The highest BCUT2D eigenvalue weighted by Crippen LogP contribution is 2.00. The third-order valence-corrected chi connectivity index (χ3v) is 2.99. The number of rotatable bonds is 4. The molecular weight excluding hydrogens is 292 g/mol. The van der Waals surface area contributed by atoms with Crippen molar-refractivity contribution >= 4 is 29.3 Å². The van der Waals surface area contributed by atoms with Gasteiger partial charge in [-0.1, -0.05) is 30.3 Å². The normalized spacial score (nSPS) is 9.62. The standard InChI is InChI=1S/C13H18N4O3S/c1-16(17(2)12(14)21)11(18)8-15-13(19)20-9-10-6-4-3-5-7-10/h3-7H,8-9H2,1-2H3,(H2,14,21)(H,15,19). The van der Waals surface area contributed by atoms with Crippen LogP contribution in [0, 0.1) is 0 Å². The molecule has 0 unspecified atom stereocenters. The van der Waals surface area contributed by atoms with E-state index < -0.39 is 6.09 Å². The van der Waals surface area contributed by atoms with Gasteiger partial charge in [-0.3, -0.25) is 14.8 Å². The average Bonchev–Trinajstić information content (AvgIpc) is 2.49. The van der Waals surface area contributed by atoms with Crippen LogP contribution >= 0.6 is 12.2 Å². The van der Waals surface area contributed by atoms with Crippen LogP contribution in [-0.4, -0.2) is 47.8 Å². The molecule has 0 radical (unpaired) electrons. The minimum absolute atomic E-state index is 0.0532. The molecule has 0 saturated heterocycles. The molecule has 0 saturated carbocycles. The Kier molecular flexibility index (Phi) is 6.41. The number of carbonyl (C=O) groups is 2. The van der Waals surface area contributed by atoms with Gasteiger partial charge in [0, 0.05) is 14.1 Å². The summed E-state index contributed by atoms with van der Waals surface area (Å²) in [5, 5.41) is 4.93. The molecule has 0 aliphatic heterocycles. The van der Waals surface area contributed by atoms with E-state index in [1.807, 2.05) is 30.3 Å². The van der Waals surface area contributed by atoms with Gasteiger partial charge in [0.2, 0.25) is 0 Å². The van der Waals surface area contributed by atoms with Gasteiger partial charge in [0.05, 0.1) is 0 Å². The molecule has 21 heavy (non-hydrogen) atoms. The first kappa shape index (κ1) is 16.7. The van der Waals surface area contributed by atoms with Gasteiger partial charge in [0.25, 0.3) is 5.91 Å². The van der Waals surface area contributed by atoms with Crippen LogP contribution in [0.2, 0.25) is 0 Å². The van der Waals surface area contributed by atoms with Crippen molar-refractivity contribution in [2.45, 2.75) is 6.61 Å². The van der Waals surface area contributed by atoms with E-state index in [9.17, 15) is 9.59 Å². The number of amides is 2. The van der Waals surface area contributed by atoms with Gasteiger partial charge >= 0.3 is 6.09 Å². The monoisotopic (exact) mass is 310 g/mol. The van der Waals surface area contributed by atoms with Crippen molar-refractivity contribution in [3.05, 3.63) is 35.9 Å². The lowest BCUT2D eigenvalue weighted by molar-refractivity contribution is -0.137. The van der Waals surface area contributed by atoms with Crippen molar-refractivity contribution in [3.8, 4) is 0 Å². The van der Waals surface area contributed by atoms with E-state index in [2.05, 4.69) is 5.32 Å². The fourth-order valence-corrected chi connectivity index (χ4v) is 1.47. The Morgan fingerprint density at radius 3 is 2.43 bits per heavy atom. The molecule has 0 spiro atoms. The average molecular weight is 310 g/mol. The molecule has 1 aromatic rings. The molecule has 2 amide bonds. The van der Waals surface area contributed by atoms with Crippen molar-refractivity contribution in [2.75, 3.05) is 20.6 Å². The van der Waals surface area contributed by atoms with E-state index in [0.29, 0.717) is 0 Å². The Hall–Kier alpha value is -2.35. The Morgan fingerprint density at radius 2 is 1.86 bits per heavy atom. The molecule has 3 N–H and O–H groups in total. The van der Waals surface area contributed by atoms with Crippen LogP contribution in [0.1, 0.15) is 5.56 Å². The van der Waals surface area contributed by atoms with E-state index in [4.69, 9.17) is 22.7 Å². The van der Waals surface area contributed by atoms with E-state index >= 15 is 0 Å². The molecule has 0 fully saturated rings. The second-order valence-corrected chi connectivity index (χ2v) is 4.61. The number of ether oxygens (including phenoxy) is 1. The Bertz CT molecular complexity index is 509. The fraction of sp³-hybridized carbons (Fsp3) is 0.308. The summed E-state index contributed by atoms with van der Waals surface area (Å²) in [5.74, 6) is -0.373. The van der Waals surface area contributed by atoms with Crippen molar-refractivity contribution in [3.63, 3.8) is 0 Å². The van der Waals surface area contributed by atoms with Gasteiger partial charge in [-0.05, 0) is 17.8 Å². The molecule has 7 nitrogen and oxygen atoms in total. The smallest absolute Gasteiger partial charge is 0.407 e. The lowest BCUT2D eigenvalue weighted by atomic mass is 10.2. The van der Waals surface area contributed by atoms with E-state index in [1.54, 1.807) is 7.05 Å². The highest BCUT2D eigenvalue weighted by molar-refractivity contribution is 7.80. The quantitative estimate of drug-likeness (QED) is 0.620. The molecule has 8 heteroatoms. The molecule has 1 rings (SSSR count). The number of nitrogens with one attached hydrogen (secondary N) is 1. The van der Waals surface area contributed by atoms with E-state index in [-0.39, 0.29) is 24.2 Å². The highest BCUT2D eigenvalue weighted by atomic mass is 32.1. The van der Waals surface area contributed by atoms with E-state index in [1.165, 1.54) is 17.1 Å². The van der Waals surface area contributed by atoms with Crippen LogP contribution in [-0.2, 0) is 16.1 Å². The third-order valence-electron chi connectivity index (χ3n) is 2.73. The SMILES string of the molecule is CN(C(=O)CNC(=O)OCc1ccccc1)N(C)C(N)=S. The topological polar surface area (TPSA) is 87.9 Å². The molecular formula is C13H18N4O3S. The molecule has 0 heterocycles. The first-order valence-corrected chi connectivity index (χ1v) is 6.57. The number of carbonyl (C=O) groups excluding carboxylic acids is 2. The second kappa shape index (κ2) is 8.05. The summed E-state index contributed by atoms with van der Waals surface area (Å²) in [6, 6.07) is 9.24.